The van der Waals surface area contributed by atoms with Gasteiger partial charge >= 0.3 is 5.97 Å². The maximum atomic E-state index is 12.4. The summed E-state index contributed by atoms with van der Waals surface area (Å²) in [6.45, 7) is -0.802. The average molecular weight is 409 g/mol. The topological polar surface area (TPSA) is 107 Å². The Morgan fingerprint density at radius 3 is 2.52 bits per heavy atom. The zero-order valence-electron chi connectivity index (χ0n) is 13.5. The molecule has 2 aromatic rings. The van der Waals surface area contributed by atoms with Gasteiger partial charge in [-0.15, -0.1) is 0 Å². The maximum absolute atomic E-state index is 12.4. The quantitative estimate of drug-likeness (QED) is 0.325. The van der Waals surface area contributed by atoms with Crippen LogP contribution in [0.5, 0.6) is 0 Å². The lowest BCUT2D eigenvalue weighted by atomic mass is 10.1. The SMILES string of the molecule is O=C(CN1C(=O)c2cccc([N+](=O)[O-])c2C1=O)OCc1ccc(Cl)c(Cl)c1. The first-order chi connectivity index (χ1) is 12.8. The van der Waals surface area contributed by atoms with Gasteiger partial charge in [-0.05, 0) is 23.8 Å². The molecular formula is C17H10Cl2N2O6. The Bertz CT molecular complexity index is 991. The largest absolute Gasteiger partial charge is 0.459 e. The number of amides is 2. The fraction of sp³-hybridized carbons (Fsp3) is 0.118. The number of benzene rings is 2. The van der Waals surface area contributed by atoms with E-state index < -0.39 is 34.9 Å². The fourth-order valence-electron chi connectivity index (χ4n) is 2.58. The molecule has 0 unspecified atom stereocenters. The second-order valence-electron chi connectivity index (χ2n) is 5.56. The van der Waals surface area contributed by atoms with Gasteiger partial charge in [0.1, 0.15) is 18.7 Å². The second kappa shape index (κ2) is 7.34. The van der Waals surface area contributed by atoms with Crippen LogP contribution in [0.2, 0.25) is 10.0 Å². The van der Waals surface area contributed by atoms with Gasteiger partial charge < -0.3 is 4.74 Å². The van der Waals surface area contributed by atoms with Crippen LogP contribution < -0.4 is 0 Å². The summed E-state index contributed by atoms with van der Waals surface area (Å²) in [6, 6.07) is 8.37. The summed E-state index contributed by atoms with van der Waals surface area (Å²) in [5, 5.41) is 11.7. The predicted molar refractivity (Wildman–Crippen MR) is 94.7 cm³/mol. The monoisotopic (exact) mass is 408 g/mol. The Hall–Kier alpha value is -2.97. The van der Waals surface area contributed by atoms with Gasteiger partial charge in [-0.2, -0.15) is 0 Å². The average Bonchev–Trinajstić information content (AvgIpc) is 2.87. The first kappa shape index (κ1) is 18.8. The van der Waals surface area contributed by atoms with Gasteiger partial charge in [0.15, 0.2) is 0 Å². The normalized spacial score (nSPS) is 12.9. The third-order valence-electron chi connectivity index (χ3n) is 3.84. The Morgan fingerprint density at radius 1 is 1.11 bits per heavy atom. The molecule has 138 valence electrons. The number of imide groups is 1. The summed E-state index contributed by atoms with van der Waals surface area (Å²) in [5.74, 6) is -2.54. The van der Waals surface area contributed by atoms with Crippen LogP contribution in [-0.2, 0) is 16.1 Å². The van der Waals surface area contributed by atoms with Crippen molar-refractivity contribution < 1.29 is 24.0 Å². The van der Waals surface area contributed by atoms with Crippen molar-refractivity contribution in [3.05, 3.63) is 73.2 Å². The third kappa shape index (κ3) is 3.62. The molecule has 3 rings (SSSR count). The second-order valence-corrected chi connectivity index (χ2v) is 6.38. The van der Waals surface area contributed by atoms with Crippen LogP contribution in [0.15, 0.2) is 36.4 Å². The number of rotatable bonds is 5. The van der Waals surface area contributed by atoms with E-state index in [-0.39, 0.29) is 22.8 Å². The molecule has 1 aliphatic rings. The number of halogens is 2. The molecule has 0 saturated heterocycles. The van der Waals surface area contributed by atoms with E-state index >= 15 is 0 Å². The minimum atomic E-state index is -0.909. The smallest absolute Gasteiger partial charge is 0.326 e. The first-order valence-electron chi connectivity index (χ1n) is 7.52. The molecule has 0 saturated carbocycles. The Kier molecular flexibility index (Phi) is 5.11. The molecule has 0 radical (unpaired) electrons. The van der Waals surface area contributed by atoms with E-state index in [1.165, 1.54) is 24.3 Å². The Labute approximate surface area is 162 Å². The van der Waals surface area contributed by atoms with Gasteiger partial charge in [-0.1, -0.05) is 35.3 Å². The number of hydrogen-bond donors (Lipinski definition) is 0. The van der Waals surface area contributed by atoms with E-state index in [2.05, 4.69) is 0 Å². The number of nitro benzene ring substituents is 1. The van der Waals surface area contributed by atoms with Gasteiger partial charge in [0, 0.05) is 6.07 Å². The highest BCUT2D eigenvalue weighted by atomic mass is 35.5. The van der Waals surface area contributed by atoms with E-state index in [4.69, 9.17) is 27.9 Å². The Balaban J connectivity index is 1.70. The molecule has 1 heterocycles. The van der Waals surface area contributed by atoms with Crippen LogP contribution in [0.1, 0.15) is 26.3 Å². The Morgan fingerprint density at radius 2 is 1.85 bits per heavy atom. The van der Waals surface area contributed by atoms with Crippen LogP contribution in [-0.4, -0.2) is 34.2 Å². The standard InChI is InChI=1S/C17H10Cl2N2O6/c18-11-5-4-9(6-12(11)19)8-27-14(22)7-20-16(23)10-2-1-3-13(21(25)26)15(10)17(20)24/h1-6H,7-8H2. The number of ether oxygens (including phenoxy) is 1. The van der Waals surface area contributed by atoms with Crippen molar-refractivity contribution in [2.45, 2.75) is 6.61 Å². The molecular weight excluding hydrogens is 399 g/mol. The summed E-state index contributed by atoms with van der Waals surface area (Å²) in [5.41, 5.74) is -0.371. The molecule has 0 aromatic heterocycles. The molecule has 10 heteroatoms. The van der Waals surface area contributed by atoms with Crippen molar-refractivity contribution in [2.24, 2.45) is 0 Å². The number of carbonyl (C=O) groups excluding carboxylic acids is 3. The zero-order valence-corrected chi connectivity index (χ0v) is 15.0. The van der Waals surface area contributed by atoms with Crippen LogP contribution in [0.4, 0.5) is 5.69 Å². The molecule has 27 heavy (non-hydrogen) atoms. The highest BCUT2D eigenvalue weighted by Gasteiger charge is 2.41. The van der Waals surface area contributed by atoms with E-state index in [1.807, 2.05) is 0 Å². The maximum Gasteiger partial charge on any atom is 0.326 e. The molecule has 0 atom stereocenters. The highest BCUT2D eigenvalue weighted by Crippen LogP contribution is 2.30. The van der Waals surface area contributed by atoms with Gasteiger partial charge in [0.2, 0.25) is 0 Å². The van der Waals surface area contributed by atoms with Crippen molar-refractivity contribution in [3.8, 4) is 0 Å². The molecule has 0 N–H and O–H groups in total. The minimum Gasteiger partial charge on any atom is -0.459 e. The number of hydrogen-bond acceptors (Lipinski definition) is 6. The molecule has 0 bridgehead atoms. The van der Waals surface area contributed by atoms with Gasteiger partial charge in [0.25, 0.3) is 17.5 Å². The predicted octanol–water partition coefficient (Wildman–Crippen LogP) is 3.24. The lowest BCUT2D eigenvalue weighted by Gasteiger charge is -2.13. The van der Waals surface area contributed by atoms with Gasteiger partial charge in [-0.25, -0.2) is 0 Å². The minimum absolute atomic E-state index is 0.119. The van der Waals surface area contributed by atoms with Crippen LogP contribution in [0.25, 0.3) is 0 Å². The zero-order chi connectivity index (χ0) is 19.7. The molecule has 8 nitrogen and oxygen atoms in total. The molecule has 0 fully saturated rings. The van der Waals surface area contributed by atoms with E-state index in [1.54, 1.807) is 6.07 Å². The summed E-state index contributed by atoms with van der Waals surface area (Å²) >= 11 is 11.7. The van der Waals surface area contributed by atoms with Crippen LogP contribution in [0.3, 0.4) is 0 Å². The molecule has 2 aromatic carbocycles. The first-order valence-corrected chi connectivity index (χ1v) is 8.28. The van der Waals surface area contributed by atoms with Crippen molar-refractivity contribution in [1.82, 2.24) is 4.90 Å². The number of fused-ring (bicyclic) bond motifs is 1. The van der Waals surface area contributed by atoms with Gasteiger partial charge in [0.05, 0.1) is 20.5 Å². The summed E-state index contributed by atoms with van der Waals surface area (Å²) in [6.07, 6.45) is 0. The van der Waals surface area contributed by atoms with E-state index in [9.17, 15) is 24.5 Å². The lowest BCUT2D eigenvalue weighted by molar-refractivity contribution is -0.385. The van der Waals surface area contributed by atoms with E-state index in [0.717, 1.165) is 6.07 Å². The summed E-state index contributed by atoms with van der Waals surface area (Å²) in [4.78, 5) is 47.7. The van der Waals surface area contributed by atoms with E-state index in [0.29, 0.717) is 15.5 Å². The highest BCUT2D eigenvalue weighted by molar-refractivity contribution is 6.42. The molecule has 0 spiro atoms. The molecule has 2 amide bonds. The number of esters is 1. The molecule has 0 aliphatic carbocycles. The number of nitrogens with zero attached hydrogens (tertiary/aromatic N) is 2. The third-order valence-corrected chi connectivity index (χ3v) is 4.58. The molecule has 1 aliphatic heterocycles. The summed E-state index contributed by atoms with van der Waals surface area (Å²) < 4.78 is 5.04. The number of nitro groups is 1. The fourth-order valence-corrected chi connectivity index (χ4v) is 2.90. The van der Waals surface area contributed by atoms with Gasteiger partial charge in [-0.3, -0.25) is 29.4 Å². The lowest BCUT2D eigenvalue weighted by Crippen LogP contribution is -2.35. The van der Waals surface area contributed by atoms with Crippen LogP contribution in [0, 0.1) is 10.1 Å². The number of carbonyl (C=O) groups is 3. The van der Waals surface area contributed by atoms with Crippen molar-refractivity contribution in [2.75, 3.05) is 6.54 Å². The van der Waals surface area contributed by atoms with Crippen molar-refractivity contribution in [3.63, 3.8) is 0 Å². The van der Waals surface area contributed by atoms with Crippen molar-refractivity contribution in [1.29, 1.82) is 0 Å². The summed E-state index contributed by atoms with van der Waals surface area (Å²) in [7, 11) is 0. The van der Waals surface area contributed by atoms with Crippen LogP contribution >= 0.6 is 23.2 Å². The van der Waals surface area contributed by atoms with Crippen molar-refractivity contribution >= 4 is 46.7 Å².